The first kappa shape index (κ1) is 21.0. The molecule has 0 radical (unpaired) electrons. The van der Waals surface area contributed by atoms with E-state index in [1.165, 1.54) is 32.4 Å². The van der Waals surface area contributed by atoms with Crippen LogP contribution in [0.1, 0.15) is 38.6 Å². The van der Waals surface area contributed by atoms with E-state index in [1.54, 1.807) is 0 Å². The second kappa shape index (κ2) is 10.2. The number of rotatable bonds is 6. The van der Waals surface area contributed by atoms with Crippen LogP contribution in [-0.4, -0.2) is 70.4 Å². The van der Waals surface area contributed by atoms with Crippen molar-refractivity contribution in [2.75, 3.05) is 50.8 Å². The number of halogens is 1. The molecule has 2 fully saturated rings. The van der Waals surface area contributed by atoms with E-state index in [4.69, 9.17) is 4.74 Å². The number of piperidine rings is 1. The quantitative estimate of drug-likeness (QED) is 0.734. The van der Waals surface area contributed by atoms with Gasteiger partial charge in [-0.05, 0) is 32.4 Å². The SMILES string of the molecule is CCC(CN1CCCCC1)n1cncc1-c1cnc(N2CCOCC2)nc1.Cl. The van der Waals surface area contributed by atoms with Crippen LogP contribution in [0, 0.1) is 0 Å². The van der Waals surface area contributed by atoms with Gasteiger partial charge in [0.1, 0.15) is 0 Å². The van der Waals surface area contributed by atoms with Crippen LogP contribution >= 0.6 is 12.4 Å². The first-order valence-electron chi connectivity index (χ1n) is 10.2. The Morgan fingerprint density at radius 3 is 2.39 bits per heavy atom. The lowest BCUT2D eigenvalue weighted by molar-refractivity contribution is 0.122. The Morgan fingerprint density at radius 1 is 1.00 bits per heavy atom. The molecule has 2 aliphatic rings. The minimum atomic E-state index is 0. The van der Waals surface area contributed by atoms with E-state index < -0.39 is 0 Å². The molecule has 0 aliphatic carbocycles. The molecule has 2 aromatic heterocycles. The predicted molar refractivity (Wildman–Crippen MR) is 113 cm³/mol. The van der Waals surface area contributed by atoms with Gasteiger partial charge < -0.3 is 19.1 Å². The highest BCUT2D eigenvalue weighted by Gasteiger charge is 2.20. The maximum Gasteiger partial charge on any atom is 0.225 e. The zero-order chi connectivity index (χ0) is 18.5. The van der Waals surface area contributed by atoms with Gasteiger partial charge in [0.05, 0.1) is 31.4 Å². The van der Waals surface area contributed by atoms with Gasteiger partial charge in [-0.1, -0.05) is 13.3 Å². The van der Waals surface area contributed by atoms with Crippen molar-refractivity contribution in [2.24, 2.45) is 0 Å². The number of imidazole rings is 1. The van der Waals surface area contributed by atoms with Crippen LogP contribution in [0.25, 0.3) is 11.3 Å². The Hall–Kier alpha value is -1.70. The Balaban J connectivity index is 0.00000225. The summed E-state index contributed by atoms with van der Waals surface area (Å²) < 4.78 is 7.72. The molecule has 0 aromatic carbocycles. The van der Waals surface area contributed by atoms with Crippen molar-refractivity contribution < 1.29 is 4.74 Å². The number of anilines is 1. The number of hydrogen-bond acceptors (Lipinski definition) is 6. The number of ether oxygens (including phenoxy) is 1. The van der Waals surface area contributed by atoms with Crippen LogP contribution in [0.3, 0.4) is 0 Å². The van der Waals surface area contributed by atoms with Crippen molar-refractivity contribution in [1.82, 2.24) is 24.4 Å². The third kappa shape index (κ3) is 4.82. The number of likely N-dealkylation sites (tertiary alicyclic amines) is 1. The van der Waals surface area contributed by atoms with Crippen molar-refractivity contribution in [1.29, 1.82) is 0 Å². The molecule has 2 aromatic rings. The Bertz CT molecular complexity index is 710. The third-order valence-electron chi connectivity index (χ3n) is 5.68. The lowest BCUT2D eigenvalue weighted by Crippen LogP contribution is -2.37. The molecule has 2 saturated heterocycles. The Kier molecular flexibility index (Phi) is 7.65. The van der Waals surface area contributed by atoms with Gasteiger partial charge in [-0.3, -0.25) is 0 Å². The molecule has 2 aliphatic heterocycles. The summed E-state index contributed by atoms with van der Waals surface area (Å²) in [5.74, 6) is 0.786. The zero-order valence-corrected chi connectivity index (χ0v) is 17.5. The third-order valence-corrected chi connectivity index (χ3v) is 5.68. The van der Waals surface area contributed by atoms with Crippen molar-refractivity contribution >= 4 is 18.4 Å². The lowest BCUT2D eigenvalue weighted by atomic mass is 10.1. The van der Waals surface area contributed by atoms with E-state index in [0.29, 0.717) is 6.04 Å². The summed E-state index contributed by atoms with van der Waals surface area (Å²) in [5, 5.41) is 0. The summed E-state index contributed by atoms with van der Waals surface area (Å²) in [6, 6.07) is 0.430. The summed E-state index contributed by atoms with van der Waals surface area (Å²) in [5.41, 5.74) is 2.13. The average molecular weight is 407 g/mol. The van der Waals surface area contributed by atoms with Gasteiger partial charge in [0.25, 0.3) is 0 Å². The predicted octanol–water partition coefficient (Wildman–Crippen LogP) is 3.04. The number of aromatic nitrogens is 4. The second-order valence-electron chi connectivity index (χ2n) is 7.48. The topological polar surface area (TPSA) is 59.3 Å². The fourth-order valence-electron chi connectivity index (χ4n) is 4.05. The van der Waals surface area contributed by atoms with E-state index >= 15 is 0 Å². The fraction of sp³-hybridized carbons (Fsp3) is 0.650. The molecular weight excluding hydrogens is 376 g/mol. The second-order valence-corrected chi connectivity index (χ2v) is 7.48. The highest BCUT2D eigenvalue weighted by atomic mass is 35.5. The molecule has 1 atom stereocenters. The van der Waals surface area contributed by atoms with Crippen LogP contribution in [-0.2, 0) is 4.74 Å². The van der Waals surface area contributed by atoms with E-state index in [9.17, 15) is 0 Å². The highest BCUT2D eigenvalue weighted by molar-refractivity contribution is 5.85. The summed E-state index contributed by atoms with van der Waals surface area (Å²) in [6.45, 7) is 8.98. The van der Waals surface area contributed by atoms with Gasteiger partial charge in [0.2, 0.25) is 5.95 Å². The van der Waals surface area contributed by atoms with Gasteiger partial charge in [-0.2, -0.15) is 0 Å². The highest BCUT2D eigenvalue weighted by Crippen LogP contribution is 2.25. The van der Waals surface area contributed by atoms with Crippen molar-refractivity contribution in [3.8, 4) is 11.3 Å². The van der Waals surface area contributed by atoms with Crippen molar-refractivity contribution in [3.63, 3.8) is 0 Å². The van der Waals surface area contributed by atoms with E-state index in [1.807, 2.05) is 24.9 Å². The van der Waals surface area contributed by atoms with E-state index in [-0.39, 0.29) is 12.4 Å². The first-order chi connectivity index (χ1) is 13.3. The Labute approximate surface area is 173 Å². The largest absolute Gasteiger partial charge is 0.378 e. The van der Waals surface area contributed by atoms with Gasteiger partial charge in [0.15, 0.2) is 0 Å². The van der Waals surface area contributed by atoms with E-state index in [2.05, 4.69) is 36.2 Å². The Morgan fingerprint density at radius 2 is 1.71 bits per heavy atom. The van der Waals surface area contributed by atoms with Gasteiger partial charge in [-0.25, -0.2) is 15.0 Å². The van der Waals surface area contributed by atoms with Crippen molar-refractivity contribution in [3.05, 3.63) is 24.9 Å². The molecule has 28 heavy (non-hydrogen) atoms. The van der Waals surface area contributed by atoms with E-state index in [0.717, 1.165) is 56.5 Å². The maximum absolute atomic E-state index is 5.41. The fourth-order valence-corrected chi connectivity index (χ4v) is 4.05. The number of hydrogen-bond donors (Lipinski definition) is 0. The molecule has 0 amide bonds. The first-order valence-corrected chi connectivity index (χ1v) is 10.2. The summed E-state index contributed by atoms with van der Waals surface area (Å²) in [6.07, 6.45) is 12.9. The van der Waals surface area contributed by atoms with Gasteiger partial charge in [-0.15, -0.1) is 12.4 Å². The molecule has 0 saturated carbocycles. The maximum atomic E-state index is 5.41. The molecule has 154 valence electrons. The smallest absolute Gasteiger partial charge is 0.225 e. The molecule has 0 bridgehead atoms. The summed E-state index contributed by atoms with van der Waals surface area (Å²) in [7, 11) is 0. The molecule has 7 nitrogen and oxygen atoms in total. The standard InChI is InChI=1S/C20H30N6O.ClH/c1-2-18(15-24-6-4-3-5-7-24)26-16-21-14-19(26)17-12-22-20(23-13-17)25-8-10-27-11-9-25;/h12-14,16,18H,2-11,15H2,1H3;1H. The summed E-state index contributed by atoms with van der Waals surface area (Å²) >= 11 is 0. The zero-order valence-electron chi connectivity index (χ0n) is 16.7. The minimum Gasteiger partial charge on any atom is -0.378 e. The van der Waals surface area contributed by atoms with Crippen LogP contribution in [0.4, 0.5) is 5.95 Å². The van der Waals surface area contributed by atoms with Crippen LogP contribution < -0.4 is 4.90 Å². The van der Waals surface area contributed by atoms with Crippen LogP contribution in [0.2, 0.25) is 0 Å². The monoisotopic (exact) mass is 406 g/mol. The average Bonchev–Trinajstić information content (AvgIpc) is 3.23. The van der Waals surface area contributed by atoms with Gasteiger partial charge >= 0.3 is 0 Å². The molecule has 8 heteroatoms. The van der Waals surface area contributed by atoms with Gasteiger partial charge in [0, 0.05) is 43.6 Å². The summed E-state index contributed by atoms with van der Waals surface area (Å²) in [4.78, 5) is 18.4. The van der Waals surface area contributed by atoms with Crippen LogP contribution in [0.15, 0.2) is 24.9 Å². The number of morpholine rings is 1. The van der Waals surface area contributed by atoms with Crippen molar-refractivity contribution in [2.45, 2.75) is 38.6 Å². The lowest BCUT2D eigenvalue weighted by Gasteiger charge is -2.31. The normalized spacial score (nSPS) is 19.2. The molecular formula is C20H31ClN6O. The molecule has 4 heterocycles. The molecule has 1 unspecified atom stereocenters. The minimum absolute atomic E-state index is 0. The molecule has 4 rings (SSSR count). The number of nitrogens with zero attached hydrogens (tertiary/aromatic N) is 6. The molecule has 0 N–H and O–H groups in total. The van der Waals surface area contributed by atoms with Crippen LogP contribution in [0.5, 0.6) is 0 Å². The molecule has 0 spiro atoms.